The van der Waals surface area contributed by atoms with E-state index in [2.05, 4.69) is 11.8 Å². The maximum absolute atomic E-state index is 12.3. The molecule has 0 radical (unpaired) electrons. The molecule has 0 aromatic carbocycles. The maximum atomic E-state index is 12.3. The number of piperidine rings is 1. The molecule has 96 valence electrons. The Kier molecular flexibility index (Phi) is 4.37. The number of aliphatic hydroxyl groups is 1. The predicted octanol–water partition coefficient (Wildman–Crippen LogP) is 0.655. The van der Waals surface area contributed by atoms with E-state index in [9.17, 15) is 9.90 Å². The first-order chi connectivity index (χ1) is 8.72. The van der Waals surface area contributed by atoms with Gasteiger partial charge in [-0.15, -0.1) is 11.3 Å². The van der Waals surface area contributed by atoms with Gasteiger partial charge in [-0.05, 0) is 24.3 Å². The van der Waals surface area contributed by atoms with Gasteiger partial charge in [0.1, 0.15) is 4.88 Å². The summed E-state index contributed by atoms with van der Waals surface area (Å²) in [4.78, 5) is 14.8. The molecule has 1 fully saturated rings. The molecule has 1 amide bonds. The van der Waals surface area contributed by atoms with Crippen molar-refractivity contribution in [2.75, 3.05) is 19.6 Å². The van der Waals surface area contributed by atoms with Crippen LogP contribution in [-0.2, 0) is 0 Å². The fraction of sp³-hybridized carbons (Fsp3) is 0.462. The van der Waals surface area contributed by atoms with Gasteiger partial charge >= 0.3 is 0 Å². The molecule has 0 bridgehead atoms. The number of likely N-dealkylation sites (tertiary alicyclic amines) is 1. The first-order valence-corrected chi connectivity index (χ1v) is 6.84. The number of hydrogen-bond donors (Lipinski definition) is 2. The van der Waals surface area contributed by atoms with Crippen molar-refractivity contribution in [3.8, 4) is 11.8 Å². The summed E-state index contributed by atoms with van der Waals surface area (Å²) in [6.45, 7) is 1.52. The Morgan fingerprint density at radius 2 is 2.28 bits per heavy atom. The summed E-state index contributed by atoms with van der Waals surface area (Å²) in [6.07, 6.45) is 1.04. The fourth-order valence-electron chi connectivity index (χ4n) is 1.93. The second-order valence-corrected chi connectivity index (χ2v) is 5.11. The summed E-state index contributed by atoms with van der Waals surface area (Å²) in [6, 6.07) is 1.85. The van der Waals surface area contributed by atoms with Crippen molar-refractivity contribution in [1.82, 2.24) is 4.90 Å². The average Bonchev–Trinajstić information content (AvgIpc) is 2.84. The zero-order valence-electron chi connectivity index (χ0n) is 10.1. The highest BCUT2D eigenvalue weighted by Gasteiger charge is 2.24. The van der Waals surface area contributed by atoms with Gasteiger partial charge in [-0.25, -0.2) is 0 Å². The van der Waals surface area contributed by atoms with E-state index in [0.29, 0.717) is 37.4 Å². The lowest BCUT2D eigenvalue weighted by molar-refractivity contribution is 0.0550. The summed E-state index contributed by atoms with van der Waals surface area (Å²) in [5.41, 5.74) is 6.09. The van der Waals surface area contributed by atoms with E-state index >= 15 is 0 Å². The number of amides is 1. The highest BCUT2D eigenvalue weighted by molar-refractivity contribution is 7.12. The lowest BCUT2D eigenvalue weighted by Gasteiger charge is -2.29. The maximum Gasteiger partial charge on any atom is 0.265 e. The van der Waals surface area contributed by atoms with Crippen molar-refractivity contribution in [2.24, 2.45) is 5.73 Å². The molecule has 0 spiro atoms. The lowest BCUT2D eigenvalue weighted by Crippen LogP contribution is -2.39. The van der Waals surface area contributed by atoms with Gasteiger partial charge in [-0.1, -0.05) is 11.8 Å². The van der Waals surface area contributed by atoms with Gasteiger partial charge < -0.3 is 15.7 Å². The molecule has 1 aromatic heterocycles. The van der Waals surface area contributed by atoms with Crippen LogP contribution >= 0.6 is 11.3 Å². The molecule has 18 heavy (non-hydrogen) atoms. The number of thiophene rings is 1. The van der Waals surface area contributed by atoms with Crippen LogP contribution in [0.15, 0.2) is 11.4 Å². The van der Waals surface area contributed by atoms with Crippen molar-refractivity contribution in [3.63, 3.8) is 0 Å². The minimum atomic E-state index is -0.270. The Morgan fingerprint density at radius 3 is 2.94 bits per heavy atom. The zero-order valence-corrected chi connectivity index (χ0v) is 10.9. The topological polar surface area (TPSA) is 66.6 Å². The average molecular weight is 264 g/mol. The number of rotatable bonds is 1. The normalized spacial score (nSPS) is 16.2. The monoisotopic (exact) mass is 264 g/mol. The third kappa shape index (κ3) is 2.91. The van der Waals surface area contributed by atoms with E-state index in [0.717, 1.165) is 5.56 Å². The fourth-order valence-corrected chi connectivity index (χ4v) is 2.75. The highest BCUT2D eigenvalue weighted by atomic mass is 32.1. The predicted molar refractivity (Wildman–Crippen MR) is 71.4 cm³/mol. The van der Waals surface area contributed by atoms with E-state index in [4.69, 9.17) is 5.73 Å². The molecule has 0 aliphatic carbocycles. The number of nitrogens with zero attached hydrogens (tertiary/aromatic N) is 1. The van der Waals surface area contributed by atoms with E-state index in [1.54, 1.807) is 4.90 Å². The van der Waals surface area contributed by atoms with Crippen molar-refractivity contribution >= 4 is 17.2 Å². The van der Waals surface area contributed by atoms with Crippen LogP contribution < -0.4 is 5.73 Å². The minimum Gasteiger partial charge on any atom is -0.393 e. The summed E-state index contributed by atoms with van der Waals surface area (Å²) < 4.78 is 0. The van der Waals surface area contributed by atoms with Crippen LogP contribution in [0.4, 0.5) is 0 Å². The number of carbonyl (C=O) groups is 1. The minimum absolute atomic E-state index is 0.0122. The molecule has 2 rings (SSSR count). The van der Waals surface area contributed by atoms with Crippen LogP contribution in [0.2, 0.25) is 0 Å². The van der Waals surface area contributed by atoms with Crippen LogP contribution in [0.25, 0.3) is 0 Å². The summed E-state index contributed by atoms with van der Waals surface area (Å²) in [7, 11) is 0. The van der Waals surface area contributed by atoms with Gasteiger partial charge in [0.25, 0.3) is 5.91 Å². The highest BCUT2D eigenvalue weighted by Crippen LogP contribution is 2.20. The van der Waals surface area contributed by atoms with E-state index in [1.807, 2.05) is 11.4 Å². The first kappa shape index (κ1) is 13.1. The molecular formula is C13H16N2O2S. The quantitative estimate of drug-likeness (QED) is 0.732. The Hall–Kier alpha value is -1.35. The van der Waals surface area contributed by atoms with Gasteiger partial charge in [0.15, 0.2) is 0 Å². The Bertz CT molecular complexity index is 479. The molecule has 3 N–H and O–H groups in total. The SMILES string of the molecule is NCC#Cc1ccsc1C(=O)N1CCC(O)CC1. The summed E-state index contributed by atoms with van der Waals surface area (Å²) in [5.74, 6) is 5.70. The molecule has 1 saturated heterocycles. The zero-order chi connectivity index (χ0) is 13.0. The summed E-state index contributed by atoms with van der Waals surface area (Å²) >= 11 is 1.41. The number of nitrogens with two attached hydrogens (primary N) is 1. The van der Waals surface area contributed by atoms with Crippen molar-refractivity contribution < 1.29 is 9.90 Å². The smallest absolute Gasteiger partial charge is 0.265 e. The van der Waals surface area contributed by atoms with Gasteiger partial charge in [0.05, 0.1) is 12.6 Å². The second kappa shape index (κ2) is 6.01. The number of aliphatic hydroxyl groups excluding tert-OH is 1. The molecule has 0 saturated carbocycles. The Balaban J connectivity index is 2.11. The lowest BCUT2D eigenvalue weighted by atomic mass is 10.1. The van der Waals surface area contributed by atoms with Gasteiger partial charge in [-0.3, -0.25) is 4.79 Å². The molecular weight excluding hydrogens is 248 g/mol. The van der Waals surface area contributed by atoms with Crippen LogP contribution in [0.5, 0.6) is 0 Å². The van der Waals surface area contributed by atoms with Crippen molar-refractivity contribution in [2.45, 2.75) is 18.9 Å². The third-order valence-electron chi connectivity index (χ3n) is 2.94. The summed E-state index contributed by atoms with van der Waals surface area (Å²) in [5, 5.41) is 11.3. The van der Waals surface area contributed by atoms with Crippen molar-refractivity contribution in [1.29, 1.82) is 0 Å². The number of hydrogen-bond acceptors (Lipinski definition) is 4. The van der Waals surface area contributed by atoms with Crippen LogP contribution in [0.3, 0.4) is 0 Å². The molecule has 1 aliphatic rings. The molecule has 4 nitrogen and oxygen atoms in total. The van der Waals surface area contributed by atoms with Crippen LogP contribution in [0.1, 0.15) is 28.1 Å². The van der Waals surface area contributed by atoms with E-state index in [-0.39, 0.29) is 12.0 Å². The van der Waals surface area contributed by atoms with Gasteiger partial charge in [-0.2, -0.15) is 0 Å². The van der Waals surface area contributed by atoms with Crippen LogP contribution in [-0.4, -0.2) is 41.7 Å². The molecule has 1 aromatic rings. The Morgan fingerprint density at radius 1 is 1.56 bits per heavy atom. The molecule has 1 aliphatic heterocycles. The largest absolute Gasteiger partial charge is 0.393 e. The molecule has 0 atom stereocenters. The van der Waals surface area contributed by atoms with Gasteiger partial charge in [0.2, 0.25) is 0 Å². The Labute approximate surface area is 110 Å². The first-order valence-electron chi connectivity index (χ1n) is 5.96. The van der Waals surface area contributed by atoms with Gasteiger partial charge in [0, 0.05) is 18.7 Å². The number of carbonyl (C=O) groups excluding carboxylic acids is 1. The molecule has 0 unspecified atom stereocenters. The van der Waals surface area contributed by atoms with Crippen molar-refractivity contribution in [3.05, 3.63) is 21.9 Å². The standard InChI is InChI=1S/C13H16N2O2S/c14-6-1-2-10-5-9-18-12(10)13(17)15-7-3-11(16)4-8-15/h5,9,11,16H,3-4,6-8,14H2. The van der Waals surface area contributed by atoms with Crippen LogP contribution in [0, 0.1) is 11.8 Å². The molecule has 5 heteroatoms. The second-order valence-electron chi connectivity index (χ2n) is 4.19. The third-order valence-corrected chi connectivity index (χ3v) is 3.84. The van der Waals surface area contributed by atoms with E-state index in [1.165, 1.54) is 11.3 Å². The van der Waals surface area contributed by atoms with E-state index < -0.39 is 0 Å². The molecule has 2 heterocycles.